The lowest BCUT2D eigenvalue weighted by molar-refractivity contribution is -0.115. The van der Waals surface area contributed by atoms with Crippen LogP contribution in [0.2, 0.25) is 0 Å². The first kappa shape index (κ1) is 23.8. The molecule has 0 spiro atoms. The van der Waals surface area contributed by atoms with Gasteiger partial charge in [-0.2, -0.15) is 0 Å². The molecule has 0 radical (unpaired) electrons. The van der Waals surface area contributed by atoms with Crippen LogP contribution in [0, 0.1) is 6.92 Å². The smallest absolute Gasteiger partial charge is 0.237 e. The highest BCUT2D eigenvalue weighted by Crippen LogP contribution is 2.31. The van der Waals surface area contributed by atoms with Gasteiger partial charge in [0.05, 0.1) is 23.6 Å². The number of nitrogens with one attached hydrogen (secondary N) is 1. The standard InChI is InChI=1S/C27H30N4O2S/c1-5-18(2)22-13-9-10-14-24(22)28-26(32)20(4)34-27-30-29-25(23-15-16-33-19(23)3)31(27)17-21-11-7-6-8-12-21/h6-16,18,20H,5,17H2,1-4H3,(H,28,32)/t18-,20-/m0/s1. The SMILES string of the molecule is CC[C@H](C)c1ccccc1NC(=O)[C@H](C)Sc1nnc(-c2ccoc2C)n1Cc1ccccc1. The van der Waals surface area contributed by atoms with Crippen LogP contribution in [0.4, 0.5) is 5.69 Å². The Kier molecular flexibility index (Phi) is 7.53. The molecular formula is C27H30N4O2S. The molecule has 4 rings (SSSR count). The molecule has 2 atom stereocenters. The van der Waals surface area contributed by atoms with Gasteiger partial charge >= 0.3 is 0 Å². The Balaban J connectivity index is 1.58. The molecule has 2 heterocycles. The number of carbonyl (C=O) groups excluding carboxylic acids is 1. The van der Waals surface area contributed by atoms with E-state index in [1.165, 1.54) is 11.8 Å². The molecule has 0 saturated heterocycles. The van der Waals surface area contributed by atoms with Crippen LogP contribution in [0.5, 0.6) is 0 Å². The van der Waals surface area contributed by atoms with Crippen molar-refractivity contribution >= 4 is 23.4 Å². The van der Waals surface area contributed by atoms with Gasteiger partial charge in [0, 0.05) is 5.69 Å². The van der Waals surface area contributed by atoms with E-state index in [1.54, 1.807) is 6.26 Å². The summed E-state index contributed by atoms with van der Waals surface area (Å²) in [7, 11) is 0. The molecule has 0 aliphatic rings. The summed E-state index contributed by atoms with van der Waals surface area (Å²) in [5, 5.41) is 12.4. The number of hydrogen-bond acceptors (Lipinski definition) is 5. The summed E-state index contributed by atoms with van der Waals surface area (Å²) >= 11 is 1.41. The number of rotatable bonds is 9. The fourth-order valence-corrected chi connectivity index (χ4v) is 4.66. The summed E-state index contributed by atoms with van der Waals surface area (Å²) < 4.78 is 7.56. The van der Waals surface area contributed by atoms with Crippen LogP contribution < -0.4 is 5.32 Å². The van der Waals surface area contributed by atoms with Crippen LogP contribution in [0.1, 0.15) is 50.0 Å². The quantitative estimate of drug-likeness (QED) is 0.279. The third-order valence-corrected chi connectivity index (χ3v) is 7.09. The first-order valence-electron chi connectivity index (χ1n) is 11.6. The van der Waals surface area contributed by atoms with E-state index in [0.29, 0.717) is 17.6 Å². The minimum atomic E-state index is -0.359. The minimum Gasteiger partial charge on any atom is -0.469 e. The maximum absolute atomic E-state index is 13.1. The lowest BCUT2D eigenvalue weighted by Crippen LogP contribution is -2.24. The van der Waals surface area contributed by atoms with Crippen molar-refractivity contribution in [3.05, 3.63) is 83.8 Å². The zero-order valence-electron chi connectivity index (χ0n) is 20.0. The minimum absolute atomic E-state index is 0.0592. The van der Waals surface area contributed by atoms with Gasteiger partial charge in [-0.3, -0.25) is 9.36 Å². The highest BCUT2D eigenvalue weighted by Gasteiger charge is 2.23. The highest BCUT2D eigenvalue weighted by molar-refractivity contribution is 8.00. The maximum atomic E-state index is 13.1. The lowest BCUT2D eigenvalue weighted by Gasteiger charge is -2.18. The number of thioether (sulfide) groups is 1. The molecular weight excluding hydrogens is 444 g/mol. The molecule has 0 aliphatic carbocycles. The third-order valence-electron chi connectivity index (χ3n) is 6.01. The number of carbonyl (C=O) groups is 1. The van der Waals surface area contributed by atoms with Crippen molar-refractivity contribution in [1.82, 2.24) is 14.8 Å². The molecule has 2 aromatic heterocycles. The Hall–Kier alpha value is -3.32. The topological polar surface area (TPSA) is 73.0 Å². The zero-order chi connectivity index (χ0) is 24.1. The fourth-order valence-electron chi connectivity index (χ4n) is 3.81. The summed E-state index contributed by atoms with van der Waals surface area (Å²) in [4.78, 5) is 13.1. The second-order valence-electron chi connectivity index (χ2n) is 8.41. The highest BCUT2D eigenvalue weighted by atomic mass is 32.2. The van der Waals surface area contributed by atoms with E-state index in [1.807, 2.05) is 56.3 Å². The number of benzene rings is 2. The van der Waals surface area contributed by atoms with Crippen LogP contribution in [0.25, 0.3) is 11.4 Å². The van der Waals surface area contributed by atoms with Gasteiger partial charge < -0.3 is 9.73 Å². The van der Waals surface area contributed by atoms with E-state index >= 15 is 0 Å². The third kappa shape index (κ3) is 5.25. The number of furan rings is 1. The van der Waals surface area contributed by atoms with E-state index in [-0.39, 0.29) is 11.2 Å². The predicted molar refractivity (Wildman–Crippen MR) is 137 cm³/mol. The molecule has 7 heteroatoms. The number of aryl methyl sites for hydroxylation is 1. The Morgan fingerprint density at radius 1 is 1.06 bits per heavy atom. The van der Waals surface area contributed by atoms with Gasteiger partial charge in [-0.25, -0.2) is 0 Å². The Bertz CT molecular complexity index is 1250. The lowest BCUT2D eigenvalue weighted by atomic mass is 9.97. The van der Waals surface area contributed by atoms with Gasteiger partial charge in [-0.15, -0.1) is 10.2 Å². The predicted octanol–water partition coefficient (Wildman–Crippen LogP) is 6.53. The summed E-state index contributed by atoms with van der Waals surface area (Å²) in [5.74, 6) is 1.82. The van der Waals surface area contributed by atoms with E-state index in [2.05, 4.69) is 52.1 Å². The second-order valence-corrected chi connectivity index (χ2v) is 9.72. The summed E-state index contributed by atoms with van der Waals surface area (Å²) in [5.41, 5.74) is 4.05. The number of para-hydroxylation sites is 1. The van der Waals surface area contributed by atoms with Crippen LogP contribution in [-0.2, 0) is 11.3 Å². The Morgan fingerprint density at radius 3 is 2.50 bits per heavy atom. The number of anilines is 1. The molecule has 34 heavy (non-hydrogen) atoms. The molecule has 2 aromatic carbocycles. The average molecular weight is 475 g/mol. The van der Waals surface area contributed by atoms with E-state index < -0.39 is 0 Å². The van der Waals surface area contributed by atoms with Crippen LogP contribution in [0.3, 0.4) is 0 Å². The number of nitrogens with zero attached hydrogens (tertiary/aromatic N) is 3. The number of hydrogen-bond donors (Lipinski definition) is 1. The molecule has 1 N–H and O–H groups in total. The molecule has 4 aromatic rings. The molecule has 0 unspecified atom stereocenters. The number of amides is 1. The van der Waals surface area contributed by atoms with Crippen molar-refractivity contribution in [2.75, 3.05) is 5.32 Å². The molecule has 0 bridgehead atoms. The second kappa shape index (κ2) is 10.7. The van der Waals surface area contributed by atoms with Crippen molar-refractivity contribution in [3.63, 3.8) is 0 Å². The summed E-state index contributed by atoms with van der Waals surface area (Å²) in [6.45, 7) is 8.74. The first-order valence-corrected chi connectivity index (χ1v) is 12.4. The van der Waals surface area contributed by atoms with E-state index in [4.69, 9.17) is 4.42 Å². The van der Waals surface area contributed by atoms with Crippen LogP contribution in [0.15, 0.2) is 76.5 Å². The molecule has 176 valence electrons. The van der Waals surface area contributed by atoms with Crippen LogP contribution >= 0.6 is 11.8 Å². The zero-order valence-corrected chi connectivity index (χ0v) is 20.8. The van der Waals surface area contributed by atoms with E-state index in [9.17, 15) is 4.79 Å². The first-order chi connectivity index (χ1) is 16.5. The van der Waals surface area contributed by atoms with Crippen molar-refractivity contribution in [1.29, 1.82) is 0 Å². The van der Waals surface area contributed by atoms with E-state index in [0.717, 1.165) is 40.4 Å². The molecule has 0 aliphatic heterocycles. The van der Waals surface area contributed by atoms with Crippen LogP contribution in [-0.4, -0.2) is 25.9 Å². The van der Waals surface area contributed by atoms with Gasteiger partial charge in [0.15, 0.2) is 11.0 Å². The summed E-state index contributed by atoms with van der Waals surface area (Å²) in [6, 6.07) is 20.1. The van der Waals surface area contributed by atoms with Gasteiger partial charge in [-0.1, -0.05) is 74.1 Å². The maximum Gasteiger partial charge on any atom is 0.237 e. The molecule has 0 saturated carbocycles. The normalized spacial score (nSPS) is 12.9. The molecule has 6 nitrogen and oxygen atoms in total. The van der Waals surface area contributed by atoms with Crippen molar-refractivity contribution in [2.24, 2.45) is 0 Å². The molecule has 1 amide bonds. The van der Waals surface area contributed by atoms with Crippen molar-refractivity contribution < 1.29 is 9.21 Å². The summed E-state index contributed by atoms with van der Waals surface area (Å²) in [6.07, 6.45) is 2.67. The molecule has 0 fully saturated rings. The largest absolute Gasteiger partial charge is 0.469 e. The van der Waals surface area contributed by atoms with Gasteiger partial charge in [0.2, 0.25) is 5.91 Å². The van der Waals surface area contributed by atoms with Gasteiger partial charge in [0.1, 0.15) is 5.76 Å². The monoisotopic (exact) mass is 474 g/mol. The fraction of sp³-hybridized carbons (Fsp3) is 0.296. The van der Waals surface area contributed by atoms with Crippen molar-refractivity contribution in [2.45, 2.75) is 57.0 Å². The van der Waals surface area contributed by atoms with Gasteiger partial charge in [0.25, 0.3) is 0 Å². The van der Waals surface area contributed by atoms with Gasteiger partial charge in [-0.05, 0) is 49.4 Å². The Labute approximate surface area is 204 Å². The van der Waals surface area contributed by atoms with Crippen molar-refractivity contribution in [3.8, 4) is 11.4 Å². The Morgan fingerprint density at radius 2 is 1.79 bits per heavy atom. The average Bonchev–Trinajstić information content (AvgIpc) is 3.45. The number of aromatic nitrogens is 3.